The van der Waals surface area contributed by atoms with E-state index in [9.17, 15) is 4.79 Å². The first-order valence-electron chi connectivity index (χ1n) is 4.05. The Morgan fingerprint density at radius 3 is 2.64 bits per heavy atom. The van der Waals surface area contributed by atoms with Crippen LogP contribution in [0.1, 0.15) is 32.6 Å². The summed E-state index contributed by atoms with van der Waals surface area (Å²) < 4.78 is 4.48. The molecule has 0 aliphatic heterocycles. The molecule has 0 fully saturated rings. The fraction of sp³-hybridized carbons (Fsp3) is 0.875. The van der Waals surface area contributed by atoms with Gasteiger partial charge in [-0.15, -0.1) is 0 Å². The first kappa shape index (κ1) is 10.4. The SMILES string of the molecule is CCCCC[C@@H](N)C(=O)OC. The van der Waals surface area contributed by atoms with Crippen molar-refractivity contribution in [1.29, 1.82) is 0 Å². The number of ether oxygens (including phenoxy) is 1. The van der Waals surface area contributed by atoms with Gasteiger partial charge in [0, 0.05) is 0 Å². The molecule has 1 atom stereocenters. The van der Waals surface area contributed by atoms with E-state index in [1.807, 2.05) is 0 Å². The van der Waals surface area contributed by atoms with Crippen molar-refractivity contribution in [3.05, 3.63) is 0 Å². The van der Waals surface area contributed by atoms with Gasteiger partial charge in [0.2, 0.25) is 0 Å². The van der Waals surface area contributed by atoms with Crippen LogP contribution in [0.5, 0.6) is 0 Å². The zero-order chi connectivity index (χ0) is 8.69. The van der Waals surface area contributed by atoms with Crippen LogP contribution in [0, 0.1) is 0 Å². The number of nitrogens with two attached hydrogens (primary N) is 1. The first-order valence-corrected chi connectivity index (χ1v) is 4.05. The predicted octanol–water partition coefficient (Wildman–Crippen LogP) is 1.07. The van der Waals surface area contributed by atoms with E-state index in [1.165, 1.54) is 7.11 Å². The van der Waals surface area contributed by atoms with Crippen LogP contribution >= 0.6 is 0 Å². The number of carbonyl (C=O) groups excluding carboxylic acids is 1. The Bertz CT molecular complexity index is 115. The van der Waals surface area contributed by atoms with Gasteiger partial charge in [0.25, 0.3) is 0 Å². The van der Waals surface area contributed by atoms with E-state index in [2.05, 4.69) is 11.7 Å². The number of hydrogen-bond donors (Lipinski definition) is 1. The minimum Gasteiger partial charge on any atom is -0.468 e. The van der Waals surface area contributed by atoms with Crippen LogP contribution in [0.25, 0.3) is 0 Å². The third-order valence-corrected chi connectivity index (χ3v) is 1.62. The molecular weight excluding hydrogens is 142 g/mol. The summed E-state index contributed by atoms with van der Waals surface area (Å²) in [5, 5.41) is 0. The standard InChI is InChI=1S/C8H17NO2/c1-3-4-5-6-7(9)8(10)11-2/h7H,3-6,9H2,1-2H3/t7-/m1/s1. The van der Waals surface area contributed by atoms with Gasteiger partial charge in [0.1, 0.15) is 6.04 Å². The Hall–Kier alpha value is -0.570. The lowest BCUT2D eigenvalue weighted by molar-refractivity contribution is -0.142. The summed E-state index contributed by atoms with van der Waals surface area (Å²) in [5.74, 6) is -0.305. The summed E-state index contributed by atoms with van der Waals surface area (Å²) in [5.41, 5.74) is 5.49. The Balaban J connectivity index is 3.36. The predicted molar refractivity (Wildman–Crippen MR) is 44.1 cm³/mol. The molecule has 66 valence electrons. The van der Waals surface area contributed by atoms with Crippen LogP contribution < -0.4 is 5.73 Å². The molecule has 0 aromatic rings. The Kier molecular flexibility index (Phi) is 5.84. The van der Waals surface area contributed by atoms with Crippen molar-refractivity contribution >= 4 is 5.97 Å². The quantitative estimate of drug-likeness (QED) is 0.482. The van der Waals surface area contributed by atoms with Crippen molar-refractivity contribution in [3.8, 4) is 0 Å². The van der Waals surface area contributed by atoms with Crippen molar-refractivity contribution in [2.45, 2.75) is 38.6 Å². The second kappa shape index (κ2) is 6.16. The Labute approximate surface area is 67.9 Å². The molecule has 11 heavy (non-hydrogen) atoms. The lowest BCUT2D eigenvalue weighted by atomic mass is 10.1. The van der Waals surface area contributed by atoms with Gasteiger partial charge >= 0.3 is 5.97 Å². The minimum atomic E-state index is -0.424. The normalized spacial score (nSPS) is 12.6. The topological polar surface area (TPSA) is 52.3 Å². The van der Waals surface area contributed by atoms with Crippen LogP contribution in [0.2, 0.25) is 0 Å². The highest BCUT2D eigenvalue weighted by atomic mass is 16.5. The van der Waals surface area contributed by atoms with E-state index in [1.54, 1.807) is 0 Å². The second-order valence-corrected chi connectivity index (χ2v) is 2.63. The lowest BCUT2D eigenvalue weighted by Crippen LogP contribution is -2.31. The smallest absolute Gasteiger partial charge is 0.322 e. The van der Waals surface area contributed by atoms with Crippen molar-refractivity contribution < 1.29 is 9.53 Å². The Morgan fingerprint density at radius 2 is 2.18 bits per heavy atom. The highest BCUT2D eigenvalue weighted by molar-refractivity contribution is 5.75. The molecule has 0 saturated carbocycles. The molecule has 3 nitrogen and oxygen atoms in total. The van der Waals surface area contributed by atoms with Gasteiger partial charge in [0.05, 0.1) is 7.11 Å². The van der Waals surface area contributed by atoms with Crippen LogP contribution in [0.15, 0.2) is 0 Å². The fourth-order valence-electron chi connectivity index (χ4n) is 0.883. The van der Waals surface area contributed by atoms with Gasteiger partial charge < -0.3 is 10.5 Å². The number of methoxy groups -OCH3 is 1. The van der Waals surface area contributed by atoms with Crippen LogP contribution in [-0.4, -0.2) is 19.1 Å². The molecule has 0 bridgehead atoms. The molecule has 0 heterocycles. The molecule has 0 aliphatic rings. The summed E-state index contributed by atoms with van der Waals surface area (Å²) >= 11 is 0. The molecule has 0 saturated heterocycles. The number of unbranched alkanes of at least 4 members (excludes halogenated alkanes) is 2. The van der Waals surface area contributed by atoms with Crippen LogP contribution in [0.4, 0.5) is 0 Å². The van der Waals surface area contributed by atoms with Crippen molar-refractivity contribution in [3.63, 3.8) is 0 Å². The molecule has 0 rings (SSSR count). The zero-order valence-electron chi connectivity index (χ0n) is 7.30. The van der Waals surface area contributed by atoms with Gasteiger partial charge in [-0.1, -0.05) is 26.2 Å². The average molecular weight is 159 g/mol. The molecule has 0 spiro atoms. The highest BCUT2D eigenvalue weighted by Crippen LogP contribution is 2.02. The average Bonchev–Trinajstić information content (AvgIpc) is 2.03. The molecule has 0 unspecified atom stereocenters. The van der Waals surface area contributed by atoms with Crippen molar-refractivity contribution in [2.24, 2.45) is 5.73 Å². The molecule has 2 N–H and O–H groups in total. The summed E-state index contributed by atoms with van der Waals surface area (Å²) in [6.45, 7) is 2.11. The third-order valence-electron chi connectivity index (χ3n) is 1.62. The molecule has 0 aromatic carbocycles. The molecule has 0 amide bonds. The van der Waals surface area contributed by atoms with E-state index in [0.717, 1.165) is 25.7 Å². The van der Waals surface area contributed by atoms with Gasteiger partial charge in [-0.3, -0.25) is 4.79 Å². The highest BCUT2D eigenvalue weighted by Gasteiger charge is 2.11. The zero-order valence-corrected chi connectivity index (χ0v) is 7.30. The maximum absolute atomic E-state index is 10.8. The summed E-state index contributed by atoms with van der Waals surface area (Å²) in [6, 6.07) is -0.424. The maximum Gasteiger partial charge on any atom is 0.322 e. The number of carbonyl (C=O) groups is 1. The molecule has 0 aromatic heterocycles. The van der Waals surface area contributed by atoms with E-state index >= 15 is 0 Å². The third kappa shape index (κ3) is 4.79. The summed E-state index contributed by atoms with van der Waals surface area (Å²) in [4.78, 5) is 10.8. The number of esters is 1. The molecular formula is C8H17NO2. The van der Waals surface area contributed by atoms with Crippen LogP contribution in [0.3, 0.4) is 0 Å². The lowest BCUT2D eigenvalue weighted by Gasteiger charge is -2.07. The molecule has 0 aliphatic carbocycles. The second-order valence-electron chi connectivity index (χ2n) is 2.63. The van der Waals surface area contributed by atoms with Gasteiger partial charge in [-0.2, -0.15) is 0 Å². The van der Waals surface area contributed by atoms with E-state index in [0.29, 0.717) is 0 Å². The van der Waals surface area contributed by atoms with Gasteiger partial charge in [-0.05, 0) is 6.42 Å². The van der Waals surface area contributed by atoms with E-state index in [4.69, 9.17) is 5.73 Å². The van der Waals surface area contributed by atoms with E-state index < -0.39 is 6.04 Å². The maximum atomic E-state index is 10.8. The minimum absolute atomic E-state index is 0.305. The summed E-state index contributed by atoms with van der Waals surface area (Å²) in [6.07, 6.45) is 4.02. The molecule has 3 heteroatoms. The van der Waals surface area contributed by atoms with Gasteiger partial charge in [0.15, 0.2) is 0 Å². The Morgan fingerprint density at radius 1 is 1.55 bits per heavy atom. The van der Waals surface area contributed by atoms with Gasteiger partial charge in [-0.25, -0.2) is 0 Å². The van der Waals surface area contributed by atoms with Crippen molar-refractivity contribution in [2.75, 3.05) is 7.11 Å². The van der Waals surface area contributed by atoms with Crippen molar-refractivity contribution in [1.82, 2.24) is 0 Å². The first-order chi connectivity index (χ1) is 5.22. The molecule has 0 radical (unpaired) electrons. The number of hydrogen-bond acceptors (Lipinski definition) is 3. The number of rotatable bonds is 5. The fourth-order valence-corrected chi connectivity index (χ4v) is 0.883. The largest absolute Gasteiger partial charge is 0.468 e. The summed E-state index contributed by atoms with van der Waals surface area (Å²) in [7, 11) is 1.36. The van der Waals surface area contributed by atoms with E-state index in [-0.39, 0.29) is 5.97 Å². The monoisotopic (exact) mass is 159 g/mol. The van der Waals surface area contributed by atoms with Crippen LogP contribution in [-0.2, 0) is 9.53 Å².